The Hall–Kier alpha value is -2.18. The summed E-state index contributed by atoms with van der Waals surface area (Å²) in [4.78, 5) is 14.3. The fourth-order valence-electron chi connectivity index (χ4n) is 4.49. The van der Waals surface area contributed by atoms with Crippen molar-refractivity contribution >= 4 is 5.91 Å². The maximum atomic E-state index is 12.0. The van der Waals surface area contributed by atoms with Crippen molar-refractivity contribution in [2.24, 2.45) is 7.05 Å². The van der Waals surface area contributed by atoms with Gasteiger partial charge in [0.15, 0.2) is 0 Å². The van der Waals surface area contributed by atoms with Crippen molar-refractivity contribution in [1.29, 1.82) is 0 Å². The number of aryl methyl sites for hydroxylation is 2. The third-order valence-corrected chi connectivity index (χ3v) is 6.31. The van der Waals surface area contributed by atoms with Gasteiger partial charge in [0.1, 0.15) is 0 Å². The molecule has 28 heavy (non-hydrogen) atoms. The molecule has 150 valence electrons. The van der Waals surface area contributed by atoms with Crippen molar-refractivity contribution in [2.75, 3.05) is 13.1 Å². The molecule has 0 unspecified atom stereocenters. The van der Waals surface area contributed by atoms with Crippen LogP contribution < -0.4 is 5.32 Å². The summed E-state index contributed by atoms with van der Waals surface area (Å²) in [5, 5.41) is 7.59. The standard InChI is InChI=1S/C22H30N4O2/c1-16-6-5-7-19(10-16)13-28-22(8-9-22)21(24-18(3)27)14-26(15-21)12-20-11-23-25(4)17(20)2/h5-7,10-11H,8-9,12-15H2,1-4H3,(H,24,27). The number of carbonyl (C=O) groups is 1. The van der Waals surface area contributed by atoms with Crippen molar-refractivity contribution in [1.82, 2.24) is 20.0 Å². The average Bonchev–Trinajstić information content (AvgIpc) is 3.35. The zero-order valence-corrected chi connectivity index (χ0v) is 17.3. The quantitative estimate of drug-likeness (QED) is 0.799. The van der Waals surface area contributed by atoms with Gasteiger partial charge in [0.2, 0.25) is 5.91 Å². The number of hydrogen-bond donors (Lipinski definition) is 1. The first-order chi connectivity index (χ1) is 13.3. The molecule has 6 heteroatoms. The second-order valence-corrected chi connectivity index (χ2v) is 8.56. The van der Waals surface area contributed by atoms with E-state index in [-0.39, 0.29) is 17.0 Å². The first-order valence-electron chi connectivity index (χ1n) is 10.0. The number of hydrogen-bond acceptors (Lipinski definition) is 4. The molecule has 1 aromatic heterocycles. The van der Waals surface area contributed by atoms with E-state index in [0.29, 0.717) is 6.61 Å². The van der Waals surface area contributed by atoms with Crippen molar-refractivity contribution in [2.45, 2.75) is 57.9 Å². The van der Waals surface area contributed by atoms with Crippen LogP contribution in [0.5, 0.6) is 0 Å². The lowest BCUT2D eigenvalue weighted by Gasteiger charge is -2.54. The van der Waals surface area contributed by atoms with Gasteiger partial charge in [-0.2, -0.15) is 5.10 Å². The average molecular weight is 383 g/mol. The summed E-state index contributed by atoms with van der Waals surface area (Å²) in [6, 6.07) is 8.43. The molecule has 1 aliphatic carbocycles. The first kappa shape index (κ1) is 19.2. The Bertz CT molecular complexity index is 878. The highest BCUT2D eigenvalue weighted by atomic mass is 16.5. The smallest absolute Gasteiger partial charge is 0.217 e. The normalized spacial score (nSPS) is 19.9. The number of carbonyl (C=O) groups excluding carboxylic acids is 1. The molecule has 2 aliphatic rings. The Morgan fingerprint density at radius 1 is 1.29 bits per heavy atom. The number of rotatable bonds is 7. The maximum absolute atomic E-state index is 12.0. The summed E-state index contributed by atoms with van der Waals surface area (Å²) in [6.45, 7) is 8.87. The zero-order chi connectivity index (χ0) is 19.9. The van der Waals surface area contributed by atoms with E-state index >= 15 is 0 Å². The Morgan fingerprint density at radius 3 is 2.61 bits per heavy atom. The molecule has 2 fully saturated rings. The number of likely N-dealkylation sites (tertiary alicyclic amines) is 1. The predicted octanol–water partition coefficient (Wildman–Crippen LogP) is 2.48. The molecule has 0 bridgehead atoms. The van der Waals surface area contributed by atoms with Crippen LogP contribution in [-0.2, 0) is 29.7 Å². The fraction of sp³-hybridized carbons (Fsp3) is 0.545. The minimum Gasteiger partial charge on any atom is -0.368 e. The lowest BCUT2D eigenvalue weighted by Crippen LogP contribution is -2.76. The van der Waals surface area contributed by atoms with E-state index in [4.69, 9.17) is 4.74 Å². The molecule has 6 nitrogen and oxygen atoms in total. The second-order valence-electron chi connectivity index (χ2n) is 8.56. The number of nitrogens with zero attached hydrogens (tertiary/aromatic N) is 3. The van der Waals surface area contributed by atoms with Gasteiger partial charge in [0, 0.05) is 44.9 Å². The molecule has 1 saturated heterocycles. The Balaban J connectivity index is 1.44. The second kappa shape index (κ2) is 7.01. The van der Waals surface area contributed by atoms with Crippen LogP contribution in [0, 0.1) is 13.8 Å². The molecule has 1 saturated carbocycles. The molecule has 2 aromatic rings. The van der Waals surface area contributed by atoms with E-state index < -0.39 is 0 Å². The largest absolute Gasteiger partial charge is 0.368 e. The third-order valence-electron chi connectivity index (χ3n) is 6.31. The number of amides is 1. The number of ether oxygens (including phenoxy) is 1. The van der Waals surface area contributed by atoms with E-state index in [0.717, 1.165) is 32.5 Å². The van der Waals surface area contributed by atoms with E-state index in [2.05, 4.69) is 53.4 Å². The molecule has 1 N–H and O–H groups in total. The van der Waals surface area contributed by atoms with Gasteiger partial charge in [-0.1, -0.05) is 29.8 Å². The van der Waals surface area contributed by atoms with Crippen LogP contribution in [0.1, 0.15) is 42.1 Å². The number of benzene rings is 1. The van der Waals surface area contributed by atoms with Crippen LogP contribution in [-0.4, -0.2) is 44.8 Å². The SMILES string of the molecule is CC(=O)NC1(C2(OCc3cccc(C)c3)CC2)CN(Cc2cnn(C)c2C)C1. The molecule has 0 atom stereocenters. The van der Waals surface area contributed by atoms with E-state index in [1.807, 2.05) is 17.9 Å². The first-order valence-corrected chi connectivity index (χ1v) is 10.0. The molecular formula is C22H30N4O2. The highest BCUT2D eigenvalue weighted by molar-refractivity contribution is 5.74. The van der Waals surface area contributed by atoms with Crippen molar-refractivity contribution in [3.63, 3.8) is 0 Å². The molecule has 2 heterocycles. The number of aromatic nitrogens is 2. The summed E-state index contributed by atoms with van der Waals surface area (Å²) < 4.78 is 8.36. The lowest BCUT2D eigenvalue weighted by molar-refractivity contribution is -0.139. The van der Waals surface area contributed by atoms with Crippen LogP contribution in [0.2, 0.25) is 0 Å². The summed E-state index contributed by atoms with van der Waals surface area (Å²) in [7, 11) is 1.97. The van der Waals surface area contributed by atoms with Gasteiger partial charge in [0.05, 0.1) is 23.9 Å². The van der Waals surface area contributed by atoms with Crippen LogP contribution >= 0.6 is 0 Å². The molecule has 1 amide bonds. The van der Waals surface area contributed by atoms with Gasteiger partial charge >= 0.3 is 0 Å². The minimum atomic E-state index is -0.293. The lowest BCUT2D eigenvalue weighted by atomic mass is 9.81. The molecule has 4 rings (SSSR count). The summed E-state index contributed by atoms with van der Waals surface area (Å²) >= 11 is 0. The van der Waals surface area contributed by atoms with Crippen LogP contribution in [0.3, 0.4) is 0 Å². The molecule has 1 aromatic carbocycles. The minimum absolute atomic E-state index is 0.0163. The van der Waals surface area contributed by atoms with Crippen LogP contribution in [0.4, 0.5) is 0 Å². The van der Waals surface area contributed by atoms with Gasteiger partial charge in [-0.25, -0.2) is 0 Å². The Kier molecular flexibility index (Phi) is 4.79. The Labute approximate surface area is 166 Å². The highest BCUT2D eigenvalue weighted by Crippen LogP contribution is 2.52. The highest BCUT2D eigenvalue weighted by Gasteiger charge is 2.66. The molecule has 0 radical (unpaired) electrons. The summed E-state index contributed by atoms with van der Waals surface area (Å²) in [5.41, 5.74) is 4.32. The van der Waals surface area contributed by atoms with Gasteiger partial charge < -0.3 is 10.1 Å². The monoisotopic (exact) mass is 382 g/mol. The van der Waals surface area contributed by atoms with Gasteiger partial charge in [-0.3, -0.25) is 14.4 Å². The van der Waals surface area contributed by atoms with Gasteiger partial charge in [0.25, 0.3) is 0 Å². The summed E-state index contributed by atoms with van der Waals surface area (Å²) in [6.07, 6.45) is 3.94. The Morgan fingerprint density at radius 2 is 2.04 bits per heavy atom. The van der Waals surface area contributed by atoms with Crippen molar-refractivity contribution < 1.29 is 9.53 Å². The van der Waals surface area contributed by atoms with Crippen molar-refractivity contribution in [3.05, 3.63) is 52.8 Å². The van der Waals surface area contributed by atoms with Gasteiger partial charge in [-0.15, -0.1) is 0 Å². The van der Waals surface area contributed by atoms with Crippen LogP contribution in [0.25, 0.3) is 0 Å². The molecular weight excluding hydrogens is 352 g/mol. The summed E-state index contributed by atoms with van der Waals surface area (Å²) in [5.74, 6) is 0.0163. The van der Waals surface area contributed by atoms with E-state index in [9.17, 15) is 4.79 Å². The third kappa shape index (κ3) is 3.47. The van der Waals surface area contributed by atoms with Crippen molar-refractivity contribution in [3.8, 4) is 0 Å². The number of nitrogens with one attached hydrogen (secondary N) is 1. The fourth-order valence-corrected chi connectivity index (χ4v) is 4.49. The predicted molar refractivity (Wildman–Crippen MR) is 108 cm³/mol. The molecule has 1 aliphatic heterocycles. The molecule has 0 spiro atoms. The maximum Gasteiger partial charge on any atom is 0.217 e. The van der Waals surface area contributed by atoms with Gasteiger partial charge in [-0.05, 0) is 32.3 Å². The zero-order valence-electron chi connectivity index (χ0n) is 17.3. The van der Waals surface area contributed by atoms with E-state index in [1.165, 1.54) is 22.4 Å². The van der Waals surface area contributed by atoms with Crippen LogP contribution in [0.15, 0.2) is 30.5 Å². The van der Waals surface area contributed by atoms with E-state index in [1.54, 1.807) is 6.92 Å². The topological polar surface area (TPSA) is 59.4 Å².